The Hall–Kier alpha value is -4.06. The highest BCUT2D eigenvalue weighted by Gasteiger charge is 2.34. The Labute approximate surface area is 290 Å². The zero-order valence-electron chi connectivity index (χ0n) is 30.0. The van der Waals surface area contributed by atoms with Gasteiger partial charge in [-0.2, -0.15) is 0 Å². The van der Waals surface area contributed by atoms with Crippen LogP contribution in [0.15, 0.2) is 46.7 Å². The zero-order valence-corrected chi connectivity index (χ0v) is 30.0. The van der Waals surface area contributed by atoms with E-state index in [0.717, 1.165) is 5.56 Å². The third-order valence-electron chi connectivity index (χ3n) is 8.72. The van der Waals surface area contributed by atoms with Gasteiger partial charge in [0.2, 0.25) is 23.6 Å². The molecule has 0 radical (unpaired) electrons. The van der Waals surface area contributed by atoms with E-state index < -0.39 is 29.9 Å². The summed E-state index contributed by atoms with van der Waals surface area (Å²) in [5, 5.41) is 19.0. The van der Waals surface area contributed by atoms with E-state index in [2.05, 4.69) is 20.9 Å². The van der Waals surface area contributed by atoms with Gasteiger partial charge in [0.1, 0.15) is 23.9 Å². The number of nitrogens with one attached hydrogen (secondary N) is 3. The molecule has 1 fully saturated rings. The number of morpholine rings is 1. The summed E-state index contributed by atoms with van der Waals surface area (Å²) in [4.78, 5) is 71.8. The van der Waals surface area contributed by atoms with Crippen LogP contribution in [0.25, 0.3) is 0 Å². The maximum atomic E-state index is 13.8. The Morgan fingerprint density at radius 2 is 1.55 bits per heavy atom. The quantitative estimate of drug-likeness (QED) is 0.153. The van der Waals surface area contributed by atoms with Crippen molar-refractivity contribution in [2.75, 3.05) is 32.8 Å². The first-order chi connectivity index (χ1) is 23.2. The minimum Gasteiger partial charge on any atom is -0.511 e. The third kappa shape index (κ3) is 12.7. The molecule has 3 rings (SSSR count). The van der Waals surface area contributed by atoms with Crippen molar-refractivity contribution in [1.82, 2.24) is 20.9 Å². The molecule has 1 saturated heterocycles. The molecule has 1 heterocycles. The smallest absolute Gasteiger partial charge is 0.245 e. The fourth-order valence-corrected chi connectivity index (χ4v) is 6.30. The summed E-state index contributed by atoms with van der Waals surface area (Å²) < 4.78 is 5.42. The summed E-state index contributed by atoms with van der Waals surface area (Å²) in [7, 11) is 0. The van der Waals surface area contributed by atoms with E-state index >= 15 is 0 Å². The number of hydrogen-bond acceptors (Lipinski definition) is 8. The summed E-state index contributed by atoms with van der Waals surface area (Å²) in [6.45, 7) is 12.9. The first-order valence-electron chi connectivity index (χ1n) is 17.4. The monoisotopic (exact) mass is 681 g/mol. The molecule has 0 aromatic heterocycles. The molecule has 0 bridgehead atoms. The molecule has 1 aromatic carbocycles. The molecular weight excluding hydrogens is 626 g/mol. The maximum absolute atomic E-state index is 13.8. The largest absolute Gasteiger partial charge is 0.511 e. The Morgan fingerprint density at radius 1 is 0.918 bits per heavy atom. The molecule has 0 saturated carbocycles. The second kappa shape index (κ2) is 18.6. The van der Waals surface area contributed by atoms with Gasteiger partial charge in [-0.25, -0.2) is 0 Å². The number of hydrogen-bond donors (Lipinski definition) is 4. The number of nitrogens with zero attached hydrogens (tertiary/aromatic N) is 2. The predicted octanol–water partition coefficient (Wildman–Crippen LogP) is 3.44. The van der Waals surface area contributed by atoms with Gasteiger partial charge in [-0.15, -0.1) is 0 Å². The Bertz CT molecular complexity index is 1380. The first-order valence-corrected chi connectivity index (χ1v) is 17.4. The molecule has 2 aliphatic rings. The van der Waals surface area contributed by atoms with Crippen LogP contribution < -0.4 is 16.0 Å². The number of benzene rings is 1. The number of carbonyl (C=O) groups excluding carboxylic acids is 5. The van der Waals surface area contributed by atoms with Crippen LogP contribution in [-0.2, 0) is 35.1 Å². The summed E-state index contributed by atoms with van der Waals surface area (Å²) in [5.74, 6) is -1.50. The van der Waals surface area contributed by atoms with E-state index in [4.69, 9.17) is 4.74 Å². The molecule has 12 heteroatoms. The second-order valence-corrected chi connectivity index (χ2v) is 14.4. The highest BCUT2D eigenvalue weighted by molar-refractivity contribution is 6.22. The summed E-state index contributed by atoms with van der Waals surface area (Å²) in [6, 6.07) is 6.67. The number of ether oxygens (including phenoxy) is 1. The van der Waals surface area contributed by atoms with Gasteiger partial charge in [-0.3, -0.25) is 29.0 Å². The van der Waals surface area contributed by atoms with Gasteiger partial charge in [0.25, 0.3) is 0 Å². The molecule has 0 unspecified atom stereocenters. The van der Waals surface area contributed by atoms with Crippen molar-refractivity contribution in [2.45, 2.75) is 105 Å². The van der Waals surface area contributed by atoms with Crippen LogP contribution in [0, 0.1) is 11.3 Å². The number of aliphatic hydroxyl groups excluding tert-OH is 1. The lowest BCUT2D eigenvalue weighted by Gasteiger charge is -2.32. The zero-order chi connectivity index (χ0) is 36.1. The van der Waals surface area contributed by atoms with Crippen LogP contribution in [0.2, 0.25) is 0 Å². The number of aliphatic imine (C=N–C) groups is 1. The van der Waals surface area contributed by atoms with E-state index in [1.54, 1.807) is 11.8 Å². The Kier molecular flexibility index (Phi) is 15.0. The molecular formula is C37H55N5O7. The number of amides is 4. The molecule has 1 aromatic rings. The van der Waals surface area contributed by atoms with Crippen molar-refractivity contribution in [1.29, 1.82) is 0 Å². The van der Waals surface area contributed by atoms with Crippen LogP contribution >= 0.6 is 0 Å². The van der Waals surface area contributed by atoms with Gasteiger partial charge in [0.05, 0.1) is 18.8 Å². The molecule has 12 nitrogen and oxygen atoms in total. The van der Waals surface area contributed by atoms with Crippen molar-refractivity contribution < 1.29 is 33.8 Å². The molecule has 4 amide bonds. The Morgan fingerprint density at radius 3 is 2.16 bits per heavy atom. The molecule has 270 valence electrons. The lowest BCUT2D eigenvalue weighted by Crippen LogP contribution is -2.58. The van der Waals surface area contributed by atoms with Gasteiger partial charge < -0.3 is 30.7 Å². The van der Waals surface area contributed by atoms with E-state index in [9.17, 15) is 29.1 Å². The first kappa shape index (κ1) is 39.4. The number of unbranched alkanes of at least 4 members (excludes halogenated alkanes) is 1. The van der Waals surface area contributed by atoms with Crippen molar-refractivity contribution in [3.63, 3.8) is 0 Å². The number of rotatable bonds is 16. The molecule has 49 heavy (non-hydrogen) atoms. The SMILES string of the molecule is CC(=O)N[C@H](Cc1ccccc1)C(=O)N[C@H](CC(C)C)C(=O)N[C@H](CCCCN=C(C)C1=C(O)CC(C)(C)CC1=O)C(=O)N1CCOCC1. The van der Waals surface area contributed by atoms with Crippen molar-refractivity contribution >= 4 is 35.1 Å². The van der Waals surface area contributed by atoms with Gasteiger partial charge in [0, 0.05) is 51.5 Å². The fraction of sp³-hybridized carbons (Fsp3) is 0.622. The van der Waals surface area contributed by atoms with E-state index in [1.165, 1.54) is 6.92 Å². The van der Waals surface area contributed by atoms with E-state index in [0.29, 0.717) is 82.7 Å². The third-order valence-corrected chi connectivity index (χ3v) is 8.72. The molecule has 3 atom stereocenters. The number of ketones is 1. The number of carbonyl (C=O) groups is 5. The van der Waals surface area contributed by atoms with Gasteiger partial charge in [-0.05, 0) is 49.5 Å². The molecule has 1 aliphatic heterocycles. The minimum absolute atomic E-state index is 0.0514. The summed E-state index contributed by atoms with van der Waals surface area (Å²) in [6.07, 6.45) is 2.87. The van der Waals surface area contributed by atoms with Crippen LogP contribution in [0.5, 0.6) is 0 Å². The van der Waals surface area contributed by atoms with E-state index in [-0.39, 0.29) is 41.1 Å². The van der Waals surface area contributed by atoms with Crippen LogP contribution in [-0.4, -0.2) is 96.1 Å². The lowest BCUT2D eigenvalue weighted by atomic mass is 9.76. The van der Waals surface area contributed by atoms with Gasteiger partial charge in [0.15, 0.2) is 5.78 Å². The predicted molar refractivity (Wildman–Crippen MR) is 188 cm³/mol. The van der Waals surface area contributed by atoms with E-state index in [1.807, 2.05) is 58.0 Å². The summed E-state index contributed by atoms with van der Waals surface area (Å²) >= 11 is 0. The number of Topliss-reactive ketones (excluding diaryl/α,β-unsaturated/α-hetero) is 1. The fourth-order valence-electron chi connectivity index (χ4n) is 6.30. The highest BCUT2D eigenvalue weighted by atomic mass is 16.5. The molecule has 0 spiro atoms. The van der Waals surface area contributed by atoms with Gasteiger partial charge >= 0.3 is 0 Å². The Balaban J connectivity index is 1.70. The highest BCUT2D eigenvalue weighted by Crippen LogP contribution is 2.36. The molecule has 1 aliphatic carbocycles. The van der Waals surface area contributed by atoms with Crippen molar-refractivity contribution in [2.24, 2.45) is 16.3 Å². The lowest BCUT2D eigenvalue weighted by molar-refractivity contribution is -0.141. The topological polar surface area (TPSA) is 166 Å². The van der Waals surface area contributed by atoms with Crippen molar-refractivity contribution in [3.8, 4) is 0 Å². The second-order valence-electron chi connectivity index (χ2n) is 14.4. The van der Waals surface area contributed by atoms with Crippen LogP contribution in [0.4, 0.5) is 0 Å². The van der Waals surface area contributed by atoms with Crippen molar-refractivity contribution in [3.05, 3.63) is 47.2 Å². The summed E-state index contributed by atoms with van der Waals surface area (Å²) in [5.41, 5.74) is 1.38. The number of aliphatic hydroxyl groups is 1. The normalized spacial score (nSPS) is 18.5. The number of allylic oxidation sites excluding steroid dienone is 2. The average molecular weight is 682 g/mol. The van der Waals surface area contributed by atoms with Gasteiger partial charge in [-0.1, -0.05) is 58.0 Å². The average Bonchev–Trinajstić information content (AvgIpc) is 3.02. The minimum atomic E-state index is -0.925. The van der Waals surface area contributed by atoms with Crippen LogP contribution in [0.3, 0.4) is 0 Å². The molecule has 4 N–H and O–H groups in total. The standard InChI is InChI=1S/C37H55N5O7/c1-24(2)20-29(41-35(47)30(39-26(4)43)21-27-12-8-7-9-13-27)34(46)40-28(36(48)42-16-18-49-19-17-42)14-10-11-15-38-25(3)33-31(44)22-37(5,6)23-32(33)45/h7-9,12-13,24,28-30,44H,10-11,14-23H2,1-6H3,(H,39,43)(H,40,46)(H,41,47)/t28-,29-,30-/m1/s1. The van der Waals surface area contributed by atoms with Crippen LogP contribution in [0.1, 0.15) is 85.6 Å². The maximum Gasteiger partial charge on any atom is 0.245 e.